The van der Waals surface area contributed by atoms with E-state index in [4.69, 9.17) is 25.8 Å². The molecule has 0 bridgehead atoms. The van der Waals surface area contributed by atoms with Crippen molar-refractivity contribution >= 4 is 40.9 Å². The molecule has 0 unspecified atom stereocenters. The molecule has 0 atom stereocenters. The smallest absolute Gasteiger partial charge is 0.418 e. The summed E-state index contributed by atoms with van der Waals surface area (Å²) in [7, 11) is 4.31. The maximum absolute atomic E-state index is 13.3. The van der Waals surface area contributed by atoms with Gasteiger partial charge in [-0.05, 0) is 42.5 Å². The van der Waals surface area contributed by atoms with E-state index in [1.807, 2.05) is 0 Å². The summed E-state index contributed by atoms with van der Waals surface area (Å²) in [4.78, 5) is 25.7. The highest BCUT2D eigenvalue weighted by atomic mass is 35.5. The lowest BCUT2D eigenvalue weighted by atomic mass is 10.1. The van der Waals surface area contributed by atoms with Gasteiger partial charge in [0.2, 0.25) is 11.7 Å². The molecule has 15 heteroatoms. The van der Waals surface area contributed by atoms with Crippen molar-refractivity contribution in [2.75, 3.05) is 32.4 Å². The summed E-state index contributed by atoms with van der Waals surface area (Å²) in [5, 5.41) is 14.1. The van der Waals surface area contributed by atoms with Gasteiger partial charge in [0.15, 0.2) is 22.5 Å². The Morgan fingerprint density at radius 1 is 0.953 bits per heavy atom. The Balaban J connectivity index is 1.54. The van der Waals surface area contributed by atoms with Crippen LogP contribution >= 0.6 is 23.4 Å². The van der Waals surface area contributed by atoms with Gasteiger partial charge < -0.3 is 24.8 Å². The zero-order valence-electron chi connectivity index (χ0n) is 23.0. The van der Waals surface area contributed by atoms with Crippen LogP contribution in [0.4, 0.5) is 18.9 Å². The Morgan fingerprint density at radius 3 is 2.28 bits per heavy atom. The first-order chi connectivity index (χ1) is 20.5. The fourth-order valence-corrected chi connectivity index (χ4v) is 4.97. The summed E-state index contributed by atoms with van der Waals surface area (Å²) in [6.45, 7) is -0.0826. The summed E-state index contributed by atoms with van der Waals surface area (Å²) in [6.07, 6.45) is -4.63. The third-order valence-electron chi connectivity index (χ3n) is 5.94. The minimum Gasteiger partial charge on any atom is -0.493 e. The average Bonchev–Trinajstić information content (AvgIpc) is 3.40. The Labute approximate surface area is 253 Å². The first kappa shape index (κ1) is 31.5. The standard InChI is InChI=1S/C28H25ClF3N5O5S/c1-40-21-11-16(12-22(41-2)25(21)42-3)26(39)33-14-23-35-36-27(37(23)18-8-6-7-17(29)13-18)43-15-24(38)34-20-10-5-4-9-19(20)28(30,31)32/h4-13H,14-15H2,1-3H3,(H,33,39)(H,34,38). The Kier molecular flexibility index (Phi) is 10.0. The summed E-state index contributed by atoms with van der Waals surface area (Å²) in [5.74, 6) is -0.213. The molecular weight excluding hydrogens is 611 g/mol. The molecule has 4 rings (SSSR count). The molecule has 2 N–H and O–H groups in total. The molecule has 0 saturated carbocycles. The van der Waals surface area contributed by atoms with Crippen molar-refractivity contribution < 1.29 is 37.0 Å². The molecule has 0 saturated heterocycles. The first-order valence-electron chi connectivity index (χ1n) is 12.4. The van der Waals surface area contributed by atoms with E-state index in [1.54, 1.807) is 28.8 Å². The van der Waals surface area contributed by atoms with Crippen LogP contribution in [0.15, 0.2) is 65.8 Å². The molecule has 0 aliphatic heterocycles. The molecule has 0 spiro atoms. The van der Waals surface area contributed by atoms with E-state index in [0.29, 0.717) is 33.8 Å². The molecule has 10 nitrogen and oxygen atoms in total. The maximum Gasteiger partial charge on any atom is 0.418 e. The van der Waals surface area contributed by atoms with Crippen molar-refractivity contribution in [2.45, 2.75) is 17.9 Å². The average molecular weight is 636 g/mol. The number of ether oxygens (including phenoxy) is 3. The number of amides is 2. The molecule has 226 valence electrons. The van der Waals surface area contributed by atoms with Crippen LogP contribution in [-0.4, -0.2) is 53.7 Å². The van der Waals surface area contributed by atoms with Gasteiger partial charge in [-0.3, -0.25) is 14.2 Å². The predicted molar refractivity (Wildman–Crippen MR) is 154 cm³/mol. The monoisotopic (exact) mass is 635 g/mol. The van der Waals surface area contributed by atoms with E-state index in [1.165, 1.54) is 51.7 Å². The van der Waals surface area contributed by atoms with Crippen molar-refractivity contribution in [3.05, 3.63) is 82.6 Å². The quantitative estimate of drug-likeness (QED) is 0.204. The number of carbonyl (C=O) groups is 2. The second-order valence-electron chi connectivity index (χ2n) is 8.69. The van der Waals surface area contributed by atoms with Gasteiger partial charge in [0.25, 0.3) is 5.91 Å². The molecule has 43 heavy (non-hydrogen) atoms. The van der Waals surface area contributed by atoms with Gasteiger partial charge in [-0.1, -0.05) is 41.6 Å². The molecule has 4 aromatic rings. The van der Waals surface area contributed by atoms with E-state index in [2.05, 4.69) is 20.8 Å². The molecule has 0 aliphatic rings. The van der Waals surface area contributed by atoms with Crippen LogP contribution in [0.1, 0.15) is 21.7 Å². The maximum atomic E-state index is 13.3. The van der Waals surface area contributed by atoms with Gasteiger partial charge in [0, 0.05) is 10.6 Å². The molecule has 0 aliphatic carbocycles. The fraction of sp³-hybridized carbons (Fsp3) is 0.214. The molecule has 1 aromatic heterocycles. The number of benzene rings is 3. The number of alkyl halides is 3. The zero-order valence-corrected chi connectivity index (χ0v) is 24.6. The van der Waals surface area contributed by atoms with Gasteiger partial charge in [-0.15, -0.1) is 10.2 Å². The second kappa shape index (κ2) is 13.7. The van der Waals surface area contributed by atoms with Crippen molar-refractivity contribution in [3.63, 3.8) is 0 Å². The van der Waals surface area contributed by atoms with Crippen LogP contribution in [0.2, 0.25) is 5.02 Å². The number of rotatable bonds is 11. The Morgan fingerprint density at radius 2 is 1.65 bits per heavy atom. The molecule has 1 heterocycles. The minimum atomic E-state index is -4.63. The van der Waals surface area contributed by atoms with Crippen molar-refractivity contribution in [3.8, 4) is 22.9 Å². The van der Waals surface area contributed by atoms with Gasteiger partial charge in [0.05, 0.1) is 50.6 Å². The number of hydrogen-bond acceptors (Lipinski definition) is 8. The summed E-state index contributed by atoms with van der Waals surface area (Å²) in [6, 6.07) is 14.4. The number of anilines is 1. The van der Waals surface area contributed by atoms with Crippen LogP contribution in [-0.2, 0) is 17.5 Å². The predicted octanol–water partition coefficient (Wildman–Crippen LogP) is 5.63. The molecule has 0 fully saturated rings. The van der Waals surface area contributed by atoms with E-state index in [-0.39, 0.29) is 28.7 Å². The van der Waals surface area contributed by atoms with Gasteiger partial charge in [-0.25, -0.2) is 0 Å². The van der Waals surface area contributed by atoms with Crippen molar-refractivity contribution in [1.82, 2.24) is 20.1 Å². The van der Waals surface area contributed by atoms with Crippen LogP contribution in [0.5, 0.6) is 17.2 Å². The molecule has 2 amide bonds. The van der Waals surface area contributed by atoms with Gasteiger partial charge >= 0.3 is 6.18 Å². The van der Waals surface area contributed by atoms with Crippen LogP contribution in [0.3, 0.4) is 0 Å². The highest BCUT2D eigenvalue weighted by molar-refractivity contribution is 7.99. The van der Waals surface area contributed by atoms with Crippen molar-refractivity contribution in [2.24, 2.45) is 0 Å². The minimum absolute atomic E-state index is 0.0826. The number of methoxy groups -OCH3 is 3. The van der Waals surface area contributed by atoms with E-state index >= 15 is 0 Å². The fourth-order valence-electron chi connectivity index (χ4n) is 4.01. The van der Waals surface area contributed by atoms with Crippen LogP contribution in [0.25, 0.3) is 5.69 Å². The highest BCUT2D eigenvalue weighted by Gasteiger charge is 2.33. The number of halogens is 4. The SMILES string of the molecule is COc1cc(C(=O)NCc2nnc(SCC(=O)Nc3ccccc3C(F)(F)F)n2-c2cccc(Cl)c2)cc(OC)c1OC. The lowest BCUT2D eigenvalue weighted by Gasteiger charge is -2.15. The number of nitrogens with one attached hydrogen (secondary N) is 2. The Hall–Kier alpha value is -4.43. The third-order valence-corrected chi connectivity index (χ3v) is 7.10. The normalized spacial score (nSPS) is 11.1. The van der Waals surface area contributed by atoms with E-state index in [0.717, 1.165) is 17.8 Å². The topological polar surface area (TPSA) is 117 Å². The van der Waals surface area contributed by atoms with Gasteiger partial charge in [-0.2, -0.15) is 13.2 Å². The number of aromatic nitrogens is 3. The lowest BCUT2D eigenvalue weighted by molar-refractivity contribution is -0.137. The number of para-hydroxylation sites is 1. The summed E-state index contributed by atoms with van der Waals surface area (Å²) >= 11 is 7.15. The lowest BCUT2D eigenvalue weighted by Crippen LogP contribution is -2.25. The largest absolute Gasteiger partial charge is 0.493 e. The molecule has 0 radical (unpaired) electrons. The van der Waals surface area contributed by atoms with E-state index < -0.39 is 23.6 Å². The van der Waals surface area contributed by atoms with Gasteiger partial charge in [0.1, 0.15) is 0 Å². The highest BCUT2D eigenvalue weighted by Crippen LogP contribution is 2.38. The number of nitrogens with zero attached hydrogens (tertiary/aromatic N) is 3. The van der Waals surface area contributed by atoms with E-state index in [9.17, 15) is 22.8 Å². The zero-order chi connectivity index (χ0) is 31.1. The molecule has 3 aromatic carbocycles. The second-order valence-corrected chi connectivity index (χ2v) is 10.1. The van der Waals surface area contributed by atoms with Crippen LogP contribution in [0, 0.1) is 0 Å². The number of hydrogen-bond donors (Lipinski definition) is 2. The Bertz CT molecular complexity index is 1610. The molecular formula is C28H25ClF3N5O5S. The summed E-state index contributed by atoms with van der Waals surface area (Å²) < 4.78 is 57.5. The summed E-state index contributed by atoms with van der Waals surface area (Å²) in [5.41, 5.74) is -0.540. The third kappa shape index (κ3) is 7.51. The number of carbonyl (C=O) groups excluding carboxylic acids is 2. The number of thioether (sulfide) groups is 1. The van der Waals surface area contributed by atoms with Crippen molar-refractivity contribution in [1.29, 1.82) is 0 Å². The van der Waals surface area contributed by atoms with Crippen LogP contribution < -0.4 is 24.8 Å². The first-order valence-corrected chi connectivity index (χ1v) is 13.8.